The van der Waals surface area contributed by atoms with Gasteiger partial charge in [-0.3, -0.25) is 9.59 Å². The molecule has 0 aliphatic carbocycles. The van der Waals surface area contributed by atoms with E-state index in [0.717, 1.165) is 32.2 Å². The lowest BCUT2D eigenvalue weighted by Gasteiger charge is -2.41. The first-order valence-electron chi connectivity index (χ1n) is 9.04. The van der Waals surface area contributed by atoms with Gasteiger partial charge in [0.05, 0.1) is 9.21 Å². The minimum Gasteiger partial charge on any atom is -0.338 e. The van der Waals surface area contributed by atoms with Gasteiger partial charge in [-0.05, 0) is 43.7 Å². The van der Waals surface area contributed by atoms with Gasteiger partial charge in [-0.15, -0.1) is 11.3 Å². The minimum absolute atomic E-state index is 0.0124. The summed E-state index contributed by atoms with van der Waals surface area (Å²) in [5.74, 6) is 0.899. The fourth-order valence-corrected chi connectivity index (χ4v) is 4.93. The molecule has 0 radical (unpaired) electrons. The van der Waals surface area contributed by atoms with Crippen LogP contribution in [0.3, 0.4) is 0 Å². The van der Waals surface area contributed by atoms with Crippen molar-refractivity contribution in [3.8, 4) is 0 Å². The normalized spacial score (nSPS) is 25.2. The second-order valence-corrected chi connectivity index (χ2v) is 8.94. The number of likely N-dealkylation sites (tertiary alicyclic amines) is 2. The number of hydrogen-bond acceptors (Lipinski definition) is 4. The summed E-state index contributed by atoms with van der Waals surface area (Å²) < 4.78 is 0.626. The fraction of sp³-hybridized carbons (Fsp3) is 0.667. The van der Waals surface area contributed by atoms with Crippen molar-refractivity contribution in [2.75, 3.05) is 26.2 Å². The van der Waals surface area contributed by atoms with Crippen LogP contribution in [0.4, 0.5) is 0 Å². The molecule has 0 saturated carbocycles. The van der Waals surface area contributed by atoms with Gasteiger partial charge < -0.3 is 15.5 Å². The molecule has 0 spiro atoms. The zero-order valence-corrected chi connectivity index (χ0v) is 16.2. The number of carbonyl (C=O) groups is 2. The molecule has 5 nitrogen and oxygen atoms in total. The molecule has 2 amide bonds. The summed E-state index contributed by atoms with van der Waals surface area (Å²) in [6.45, 7) is 4.83. The van der Waals surface area contributed by atoms with Crippen molar-refractivity contribution in [1.82, 2.24) is 9.80 Å². The van der Waals surface area contributed by atoms with Crippen molar-refractivity contribution in [2.45, 2.75) is 38.6 Å². The number of carbonyl (C=O) groups excluding carboxylic acids is 2. The molecule has 138 valence electrons. The standard InChI is InChI=1S/C18H26ClN3O2S/c1-12-4-9-22(14(10-12)11-20)17(23)13-5-7-21(8-6-13)18(24)15-2-3-16(19)25-15/h2-3,12-14H,4-11,20H2,1H3. The smallest absolute Gasteiger partial charge is 0.263 e. The van der Waals surface area contributed by atoms with Crippen LogP contribution in [0.15, 0.2) is 12.1 Å². The Labute approximate surface area is 158 Å². The second kappa shape index (κ2) is 8.06. The van der Waals surface area contributed by atoms with E-state index in [-0.39, 0.29) is 23.8 Å². The van der Waals surface area contributed by atoms with E-state index in [4.69, 9.17) is 17.3 Å². The van der Waals surface area contributed by atoms with E-state index in [9.17, 15) is 9.59 Å². The first-order chi connectivity index (χ1) is 12.0. The second-order valence-electron chi connectivity index (χ2n) is 7.22. The average molecular weight is 384 g/mol. The van der Waals surface area contributed by atoms with Gasteiger partial charge in [0.2, 0.25) is 5.91 Å². The Morgan fingerprint density at radius 3 is 2.56 bits per heavy atom. The highest BCUT2D eigenvalue weighted by Gasteiger charge is 2.35. The summed E-state index contributed by atoms with van der Waals surface area (Å²) in [7, 11) is 0. The maximum absolute atomic E-state index is 12.9. The highest BCUT2D eigenvalue weighted by molar-refractivity contribution is 7.17. The van der Waals surface area contributed by atoms with Gasteiger partial charge in [0.1, 0.15) is 0 Å². The maximum Gasteiger partial charge on any atom is 0.263 e. The summed E-state index contributed by atoms with van der Waals surface area (Å²) >= 11 is 7.23. The van der Waals surface area contributed by atoms with Crippen LogP contribution >= 0.6 is 22.9 Å². The molecule has 2 saturated heterocycles. The van der Waals surface area contributed by atoms with Crippen LogP contribution in [-0.2, 0) is 4.79 Å². The van der Waals surface area contributed by atoms with E-state index in [1.54, 1.807) is 12.1 Å². The molecule has 2 aliphatic rings. The average Bonchev–Trinajstić information content (AvgIpc) is 3.07. The van der Waals surface area contributed by atoms with E-state index in [1.165, 1.54) is 11.3 Å². The molecule has 3 rings (SSSR count). The van der Waals surface area contributed by atoms with Crippen LogP contribution in [0, 0.1) is 11.8 Å². The number of piperidine rings is 2. The summed E-state index contributed by atoms with van der Waals surface area (Å²) in [6.07, 6.45) is 3.51. The topological polar surface area (TPSA) is 66.6 Å². The Bertz CT molecular complexity index is 628. The third kappa shape index (κ3) is 4.18. The highest BCUT2D eigenvalue weighted by Crippen LogP contribution is 2.28. The highest BCUT2D eigenvalue weighted by atomic mass is 35.5. The van der Waals surface area contributed by atoms with E-state index < -0.39 is 0 Å². The molecular formula is C18H26ClN3O2S. The molecule has 1 aromatic rings. The summed E-state index contributed by atoms with van der Waals surface area (Å²) in [6, 6.07) is 3.69. The Balaban J connectivity index is 1.56. The van der Waals surface area contributed by atoms with E-state index in [1.807, 2.05) is 9.80 Å². The Hall–Kier alpha value is -1.11. The van der Waals surface area contributed by atoms with Gasteiger partial charge in [0.15, 0.2) is 0 Å². The fourth-order valence-electron chi connectivity index (χ4n) is 3.91. The zero-order chi connectivity index (χ0) is 18.0. The van der Waals surface area contributed by atoms with E-state index >= 15 is 0 Å². The van der Waals surface area contributed by atoms with Gasteiger partial charge in [-0.2, -0.15) is 0 Å². The number of rotatable bonds is 3. The quantitative estimate of drug-likeness (QED) is 0.872. The number of hydrogen-bond donors (Lipinski definition) is 1. The SMILES string of the molecule is CC1CCN(C(=O)C2CCN(C(=O)c3ccc(Cl)s3)CC2)C(CN)C1. The number of halogens is 1. The van der Waals surface area contributed by atoms with Crippen molar-refractivity contribution in [3.05, 3.63) is 21.3 Å². The van der Waals surface area contributed by atoms with Crippen LogP contribution in [0.2, 0.25) is 4.34 Å². The number of thiophene rings is 1. The van der Waals surface area contributed by atoms with Crippen molar-refractivity contribution in [2.24, 2.45) is 17.6 Å². The molecule has 0 bridgehead atoms. The molecule has 2 atom stereocenters. The van der Waals surface area contributed by atoms with E-state index in [0.29, 0.717) is 34.8 Å². The maximum atomic E-state index is 12.9. The molecule has 1 aromatic heterocycles. The molecule has 2 unspecified atom stereocenters. The van der Waals surface area contributed by atoms with E-state index in [2.05, 4.69) is 6.92 Å². The third-order valence-corrected chi connectivity index (χ3v) is 6.67. The van der Waals surface area contributed by atoms with Crippen LogP contribution in [0.25, 0.3) is 0 Å². The largest absolute Gasteiger partial charge is 0.338 e. The van der Waals surface area contributed by atoms with Crippen molar-refractivity contribution in [3.63, 3.8) is 0 Å². The van der Waals surface area contributed by atoms with Gasteiger partial charge in [-0.1, -0.05) is 18.5 Å². The molecule has 2 aliphatic heterocycles. The van der Waals surface area contributed by atoms with Gasteiger partial charge in [-0.25, -0.2) is 0 Å². The molecule has 3 heterocycles. The first-order valence-corrected chi connectivity index (χ1v) is 10.2. The predicted molar refractivity (Wildman–Crippen MR) is 101 cm³/mol. The minimum atomic E-state index is 0.0124. The molecule has 2 fully saturated rings. The van der Waals surface area contributed by atoms with Crippen LogP contribution < -0.4 is 5.73 Å². The summed E-state index contributed by atoms with van der Waals surface area (Å²) in [4.78, 5) is 29.9. The molecule has 25 heavy (non-hydrogen) atoms. The Morgan fingerprint density at radius 2 is 1.96 bits per heavy atom. The number of nitrogens with zero attached hydrogens (tertiary/aromatic N) is 2. The lowest BCUT2D eigenvalue weighted by molar-refractivity contribution is -0.141. The van der Waals surface area contributed by atoms with Crippen molar-refractivity contribution < 1.29 is 9.59 Å². The predicted octanol–water partition coefficient (Wildman–Crippen LogP) is 2.84. The van der Waals surface area contributed by atoms with Gasteiger partial charge in [0.25, 0.3) is 5.91 Å². The van der Waals surface area contributed by atoms with Gasteiger partial charge >= 0.3 is 0 Å². The number of amides is 2. The molecule has 0 aromatic carbocycles. The molecule has 7 heteroatoms. The van der Waals surface area contributed by atoms with Crippen LogP contribution in [0.1, 0.15) is 42.3 Å². The lowest BCUT2D eigenvalue weighted by Crippen LogP contribution is -2.52. The zero-order valence-electron chi connectivity index (χ0n) is 14.6. The third-order valence-electron chi connectivity index (χ3n) is 5.45. The molecule has 2 N–H and O–H groups in total. The summed E-state index contributed by atoms with van der Waals surface area (Å²) in [5.41, 5.74) is 5.89. The first kappa shape index (κ1) is 18.7. The monoisotopic (exact) mass is 383 g/mol. The lowest BCUT2D eigenvalue weighted by atomic mass is 9.89. The Morgan fingerprint density at radius 1 is 1.24 bits per heavy atom. The number of nitrogens with two attached hydrogens (primary N) is 1. The van der Waals surface area contributed by atoms with Gasteiger partial charge in [0, 0.05) is 38.1 Å². The van der Waals surface area contributed by atoms with Crippen LogP contribution in [-0.4, -0.2) is 53.8 Å². The summed E-state index contributed by atoms with van der Waals surface area (Å²) in [5, 5.41) is 0. The van der Waals surface area contributed by atoms with Crippen molar-refractivity contribution in [1.29, 1.82) is 0 Å². The molecular weight excluding hydrogens is 358 g/mol. The Kier molecular flexibility index (Phi) is 6.02. The van der Waals surface area contributed by atoms with Crippen LogP contribution in [0.5, 0.6) is 0 Å². The van der Waals surface area contributed by atoms with Crippen molar-refractivity contribution >= 4 is 34.8 Å².